The lowest BCUT2D eigenvalue weighted by molar-refractivity contribution is -0.138. The van der Waals surface area contributed by atoms with Crippen LogP contribution in [0.4, 0.5) is 0 Å². The van der Waals surface area contributed by atoms with Gasteiger partial charge in [0.15, 0.2) is 0 Å². The van der Waals surface area contributed by atoms with Gasteiger partial charge in [-0.05, 0) is 49.1 Å². The van der Waals surface area contributed by atoms with Gasteiger partial charge in [-0.25, -0.2) is 0 Å². The van der Waals surface area contributed by atoms with Crippen LogP contribution in [-0.2, 0) is 11.2 Å². The number of benzene rings is 1. The molecule has 1 rings (SSSR count). The van der Waals surface area contributed by atoms with Gasteiger partial charge in [0.2, 0.25) is 0 Å². The fraction of sp³-hybridized carbons (Fsp3) is 0.417. The number of carboxylic acids is 1. The Hall–Kier alpha value is -0.650. The molecule has 1 unspecified atom stereocenters. The molecule has 0 saturated heterocycles. The predicted octanol–water partition coefficient (Wildman–Crippen LogP) is 2.39. The summed E-state index contributed by atoms with van der Waals surface area (Å²) in [5.74, 6) is -0.955. The number of aliphatic carboxylic acids is 1. The van der Waals surface area contributed by atoms with Gasteiger partial charge in [-0.15, -0.1) is 23.5 Å². The fourth-order valence-electron chi connectivity index (χ4n) is 1.60. The van der Waals surface area contributed by atoms with Crippen LogP contribution in [0.5, 0.6) is 0 Å². The summed E-state index contributed by atoms with van der Waals surface area (Å²) in [6.07, 6.45) is 4.38. The molecule has 3 nitrogen and oxygen atoms in total. The zero-order valence-electron chi connectivity index (χ0n) is 10.2. The number of hydrogen-bond donors (Lipinski definition) is 2. The van der Waals surface area contributed by atoms with Crippen LogP contribution in [0.2, 0.25) is 0 Å². The second-order valence-corrected chi connectivity index (χ2v) is 5.48. The maximum atomic E-state index is 10.8. The van der Waals surface area contributed by atoms with Crippen LogP contribution in [0.25, 0.3) is 0 Å². The van der Waals surface area contributed by atoms with E-state index in [1.807, 2.05) is 12.5 Å². The second-order valence-electron chi connectivity index (χ2n) is 3.78. The van der Waals surface area contributed by atoms with Crippen molar-refractivity contribution in [1.29, 1.82) is 0 Å². The first-order valence-corrected chi connectivity index (χ1v) is 7.64. The zero-order valence-corrected chi connectivity index (χ0v) is 11.8. The highest BCUT2D eigenvalue weighted by molar-refractivity contribution is 7.99. The molecule has 0 heterocycles. The molecule has 3 N–H and O–H groups in total. The summed E-state index contributed by atoms with van der Waals surface area (Å²) in [5, 5.41) is 8.85. The Morgan fingerprint density at radius 1 is 1.35 bits per heavy atom. The molecule has 0 saturated carbocycles. The summed E-state index contributed by atoms with van der Waals surface area (Å²) >= 11 is 3.29. The van der Waals surface area contributed by atoms with Crippen molar-refractivity contribution in [2.45, 2.75) is 29.2 Å². The molecule has 0 aliphatic carbocycles. The molecule has 0 spiro atoms. The highest BCUT2D eigenvalue weighted by Crippen LogP contribution is 2.29. The Balaban J connectivity index is 3.08. The predicted molar refractivity (Wildman–Crippen MR) is 74.1 cm³/mol. The SMILES string of the molecule is CSc1cc(CC(N)C(=O)O)c(SC)cc1C. The standard InChI is InChI=1S/C12H17NO2S2/c1-7-4-11(17-3)8(6-10(7)16-2)5-9(13)12(14)15/h4,6,9H,5,13H2,1-3H3,(H,14,15). The number of carboxylic acid groups (broad SMARTS) is 1. The minimum absolute atomic E-state index is 0.374. The highest BCUT2D eigenvalue weighted by atomic mass is 32.2. The van der Waals surface area contributed by atoms with Gasteiger partial charge in [0.25, 0.3) is 0 Å². The summed E-state index contributed by atoms with van der Waals surface area (Å²) < 4.78 is 0. The Kier molecular flexibility index (Phi) is 5.36. The number of aryl methyl sites for hydroxylation is 1. The van der Waals surface area contributed by atoms with E-state index in [4.69, 9.17) is 10.8 Å². The molecule has 0 aliphatic heterocycles. The lowest BCUT2D eigenvalue weighted by Crippen LogP contribution is -2.32. The van der Waals surface area contributed by atoms with Gasteiger partial charge in [0.05, 0.1) is 0 Å². The van der Waals surface area contributed by atoms with Crippen molar-refractivity contribution in [3.8, 4) is 0 Å². The monoisotopic (exact) mass is 271 g/mol. The van der Waals surface area contributed by atoms with E-state index in [-0.39, 0.29) is 0 Å². The maximum Gasteiger partial charge on any atom is 0.320 e. The summed E-state index contributed by atoms with van der Waals surface area (Å²) in [7, 11) is 0. The molecule has 1 atom stereocenters. The van der Waals surface area contributed by atoms with E-state index in [0.717, 1.165) is 10.5 Å². The summed E-state index contributed by atoms with van der Waals surface area (Å²) in [6.45, 7) is 2.06. The van der Waals surface area contributed by atoms with Gasteiger partial charge in [-0.1, -0.05) is 0 Å². The first kappa shape index (κ1) is 14.4. The molecule has 17 heavy (non-hydrogen) atoms. The third-order valence-electron chi connectivity index (χ3n) is 2.55. The fourth-order valence-corrected chi connectivity index (χ4v) is 2.94. The van der Waals surface area contributed by atoms with E-state index in [2.05, 4.69) is 19.1 Å². The first-order chi connectivity index (χ1) is 7.99. The molecule has 0 bridgehead atoms. The molecule has 5 heteroatoms. The zero-order chi connectivity index (χ0) is 13.0. The number of carbonyl (C=O) groups is 1. The molecule has 94 valence electrons. The Bertz CT molecular complexity index is 421. The first-order valence-electron chi connectivity index (χ1n) is 5.19. The molecule has 0 aliphatic rings. The van der Waals surface area contributed by atoms with Crippen LogP contribution < -0.4 is 5.73 Å². The quantitative estimate of drug-likeness (QED) is 0.805. The molecule has 0 amide bonds. The molecular weight excluding hydrogens is 254 g/mol. The third-order valence-corrected chi connectivity index (χ3v) is 4.25. The number of nitrogens with two attached hydrogens (primary N) is 1. The summed E-state index contributed by atoms with van der Waals surface area (Å²) in [5.41, 5.74) is 7.82. The topological polar surface area (TPSA) is 63.3 Å². The van der Waals surface area contributed by atoms with Crippen LogP contribution in [-0.4, -0.2) is 29.6 Å². The average molecular weight is 271 g/mol. The highest BCUT2D eigenvalue weighted by Gasteiger charge is 2.15. The van der Waals surface area contributed by atoms with Crippen LogP contribution >= 0.6 is 23.5 Å². The molecule has 1 aromatic carbocycles. The molecule has 0 radical (unpaired) electrons. The van der Waals surface area contributed by atoms with Gasteiger partial charge in [-0.3, -0.25) is 4.79 Å². The molecule has 1 aromatic rings. The van der Waals surface area contributed by atoms with E-state index in [0.29, 0.717) is 6.42 Å². The van der Waals surface area contributed by atoms with E-state index in [1.165, 1.54) is 10.5 Å². The van der Waals surface area contributed by atoms with Crippen LogP contribution in [0, 0.1) is 6.92 Å². The van der Waals surface area contributed by atoms with Crippen molar-refractivity contribution in [3.05, 3.63) is 23.3 Å². The van der Waals surface area contributed by atoms with Crippen molar-refractivity contribution in [2.24, 2.45) is 5.73 Å². The van der Waals surface area contributed by atoms with E-state index >= 15 is 0 Å². The van der Waals surface area contributed by atoms with Gasteiger partial charge in [-0.2, -0.15) is 0 Å². The summed E-state index contributed by atoms with van der Waals surface area (Å²) in [6, 6.07) is 3.31. The molecular formula is C12H17NO2S2. The number of hydrogen-bond acceptors (Lipinski definition) is 4. The van der Waals surface area contributed by atoms with Crippen molar-refractivity contribution < 1.29 is 9.90 Å². The minimum atomic E-state index is -0.955. The Labute approximate surface area is 110 Å². The van der Waals surface area contributed by atoms with Crippen LogP contribution in [0.15, 0.2) is 21.9 Å². The van der Waals surface area contributed by atoms with Crippen molar-refractivity contribution in [2.75, 3.05) is 12.5 Å². The molecule has 0 fully saturated rings. The van der Waals surface area contributed by atoms with Gasteiger partial charge < -0.3 is 10.8 Å². The van der Waals surface area contributed by atoms with Gasteiger partial charge in [0.1, 0.15) is 6.04 Å². The maximum absolute atomic E-state index is 10.8. The smallest absolute Gasteiger partial charge is 0.320 e. The summed E-state index contributed by atoms with van der Waals surface area (Å²) in [4.78, 5) is 13.1. The Morgan fingerprint density at radius 2 is 1.94 bits per heavy atom. The van der Waals surface area contributed by atoms with Crippen molar-refractivity contribution in [3.63, 3.8) is 0 Å². The van der Waals surface area contributed by atoms with E-state index in [1.54, 1.807) is 23.5 Å². The van der Waals surface area contributed by atoms with Crippen molar-refractivity contribution >= 4 is 29.5 Å². The van der Waals surface area contributed by atoms with Gasteiger partial charge in [0, 0.05) is 9.79 Å². The van der Waals surface area contributed by atoms with Gasteiger partial charge >= 0.3 is 5.97 Å². The Morgan fingerprint density at radius 3 is 2.41 bits per heavy atom. The van der Waals surface area contributed by atoms with Crippen molar-refractivity contribution in [1.82, 2.24) is 0 Å². The number of rotatable bonds is 5. The van der Waals surface area contributed by atoms with Crippen LogP contribution in [0.1, 0.15) is 11.1 Å². The molecule has 0 aromatic heterocycles. The normalized spacial score (nSPS) is 12.5. The van der Waals surface area contributed by atoms with Crippen LogP contribution in [0.3, 0.4) is 0 Å². The lowest BCUT2D eigenvalue weighted by Gasteiger charge is -2.14. The minimum Gasteiger partial charge on any atom is -0.480 e. The third kappa shape index (κ3) is 3.66. The largest absolute Gasteiger partial charge is 0.480 e. The van der Waals surface area contributed by atoms with E-state index in [9.17, 15) is 4.79 Å². The van der Waals surface area contributed by atoms with E-state index < -0.39 is 12.0 Å². The number of thioether (sulfide) groups is 2. The average Bonchev–Trinajstić information content (AvgIpc) is 2.30. The lowest BCUT2D eigenvalue weighted by atomic mass is 10.0. The second kappa shape index (κ2) is 6.33.